The second-order valence-electron chi connectivity index (χ2n) is 10.8. The molecule has 0 radical (unpaired) electrons. The van der Waals surface area contributed by atoms with Crippen LogP contribution in [0.15, 0.2) is 85.6 Å². The summed E-state index contributed by atoms with van der Waals surface area (Å²) in [4.78, 5) is 18.9. The first-order valence-corrected chi connectivity index (χ1v) is 16.6. The van der Waals surface area contributed by atoms with Crippen LogP contribution in [0, 0.1) is 12.7 Å². The summed E-state index contributed by atoms with van der Waals surface area (Å²) >= 11 is 7.27. The summed E-state index contributed by atoms with van der Waals surface area (Å²) in [5.74, 6) is 1.88. The van der Waals surface area contributed by atoms with Crippen LogP contribution in [0.3, 0.4) is 0 Å². The number of hydrogen-bond acceptors (Lipinski definition) is 6. The minimum atomic E-state index is -0.354. The van der Waals surface area contributed by atoms with E-state index < -0.39 is 0 Å². The zero-order chi connectivity index (χ0) is 33.0. The number of benzene rings is 4. The van der Waals surface area contributed by atoms with Gasteiger partial charge in [-0.05, 0) is 106 Å². The SMILES string of the molecule is CCOc1cc(C)c(-c2nc3ccccc3c(=O)n2N=Cc2cc(OCC)c(OCc3ccccc3F)c(Br)c2Br)cc1C(C)C. The van der Waals surface area contributed by atoms with Gasteiger partial charge in [-0.2, -0.15) is 9.78 Å². The molecule has 0 saturated carbocycles. The molecule has 0 spiro atoms. The Labute approximate surface area is 284 Å². The van der Waals surface area contributed by atoms with Gasteiger partial charge in [0.1, 0.15) is 18.2 Å². The summed E-state index contributed by atoms with van der Waals surface area (Å²) in [6.45, 7) is 10.9. The summed E-state index contributed by atoms with van der Waals surface area (Å²) in [5, 5.41) is 5.15. The number of nitrogens with zero attached hydrogens (tertiary/aromatic N) is 3. The summed E-state index contributed by atoms with van der Waals surface area (Å²) in [6, 6.07) is 19.5. The lowest BCUT2D eigenvalue weighted by Gasteiger charge is -2.18. The quantitative estimate of drug-likeness (QED) is 0.126. The first-order valence-electron chi connectivity index (χ1n) is 15.0. The van der Waals surface area contributed by atoms with E-state index in [9.17, 15) is 9.18 Å². The van der Waals surface area contributed by atoms with Gasteiger partial charge in [0.15, 0.2) is 17.3 Å². The fourth-order valence-electron chi connectivity index (χ4n) is 5.06. The van der Waals surface area contributed by atoms with E-state index in [1.165, 1.54) is 10.7 Å². The Morgan fingerprint density at radius 3 is 2.35 bits per heavy atom. The van der Waals surface area contributed by atoms with E-state index in [4.69, 9.17) is 24.3 Å². The maximum absolute atomic E-state index is 14.3. The smallest absolute Gasteiger partial charge is 0.282 e. The zero-order valence-corrected chi connectivity index (χ0v) is 29.4. The topological polar surface area (TPSA) is 74.9 Å². The summed E-state index contributed by atoms with van der Waals surface area (Å²) in [5.41, 5.74) is 4.00. The highest BCUT2D eigenvalue weighted by Gasteiger charge is 2.20. The van der Waals surface area contributed by atoms with Gasteiger partial charge in [-0.25, -0.2) is 9.37 Å². The average Bonchev–Trinajstić information content (AvgIpc) is 3.03. The van der Waals surface area contributed by atoms with Crippen molar-refractivity contribution in [3.05, 3.63) is 114 Å². The Morgan fingerprint density at radius 1 is 0.935 bits per heavy atom. The molecule has 0 atom stereocenters. The lowest BCUT2D eigenvalue weighted by molar-refractivity contribution is 0.264. The van der Waals surface area contributed by atoms with Crippen molar-refractivity contribution in [2.75, 3.05) is 13.2 Å². The number of ether oxygens (including phenoxy) is 3. The van der Waals surface area contributed by atoms with Gasteiger partial charge in [-0.15, -0.1) is 0 Å². The molecule has 0 aliphatic rings. The zero-order valence-electron chi connectivity index (χ0n) is 26.2. The van der Waals surface area contributed by atoms with Gasteiger partial charge in [-0.1, -0.05) is 44.2 Å². The third kappa shape index (κ3) is 6.88. The molecule has 46 heavy (non-hydrogen) atoms. The predicted molar refractivity (Wildman–Crippen MR) is 188 cm³/mol. The fourth-order valence-corrected chi connectivity index (χ4v) is 5.99. The Kier molecular flexibility index (Phi) is 10.6. The van der Waals surface area contributed by atoms with Crippen LogP contribution in [-0.4, -0.2) is 29.1 Å². The second-order valence-corrected chi connectivity index (χ2v) is 12.4. The second kappa shape index (κ2) is 14.6. The van der Waals surface area contributed by atoms with Crippen molar-refractivity contribution in [2.45, 2.75) is 47.1 Å². The molecule has 1 aromatic heterocycles. The highest BCUT2D eigenvalue weighted by atomic mass is 79.9. The molecule has 0 fully saturated rings. The van der Waals surface area contributed by atoms with Crippen molar-refractivity contribution in [3.8, 4) is 28.6 Å². The molecule has 0 unspecified atom stereocenters. The standard InChI is InChI=1S/C36H34Br2FN3O4/c1-6-44-30-16-22(5)27(18-26(30)21(3)4)35-41-29-15-11-9-13-25(29)36(43)42(35)40-19-24-17-31(45-7-2)34(33(38)32(24)37)46-20-23-12-8-10-14-28(23)39/h8-19,21H,6-7,20H2,1-5H3. The average molecular weight is 751 g/mol. The number of rotatable bonds is 11. The molecule has 5 rings (SSSR count). The van der Waals surface area contributed by atoms with E-state index in [-0.39, 0.29) is 23.9 Å². The molecule has 5 aromatic rings. The van der Waals surface area contributed by atoms with Crippen LogP contribution in [0.4, 0.5) is 4.39 Å². The van der Waals surface area contributed by atoms with Crippen molar-refractivity contribution in [3.63, 3.8) is 0 Å². The molecule has 238 valence electrons. The van der Waals surface area contributed by atoms with Crippen LogP contribution >= 0.6 is 31.9 Å². The minimum Gasteiger partial charge on any atom is -0.494 e. The highest BCUT2D eigenvalue weighted by Crippen LogP contribution is 2.43. The van der Waals surface area contributed by atoms with Crippen molar-refractivity contribution in [1.82, 2.24) is 9.66 Å². The monoisotopic (exact) mass is 749 g/mol. The van der Waals surface area contributed by atoms with E-state index in [1.807, 2.05) is 45.0 Å². The van der Waals surface area contributed by atoms with E-state index in [1.54, 1.807) is 42.6 Å². The summed E-state index contributed by atoms with van der Waals surface area (Å²) in [7, 11) is 0. The molecule has 0 amide bonds. The number of aryl methyl sites for hydroxylation is 1. The minimum absolute atomic E-state index is 0.00649. The molecule has 0 aliphatic carbocycles. The van der Waals surface area contributed by atoms with Crippen LogP contribution in [-0.2, 0) is 6.61 Å². The lowest BCUT2D eigenvalue weighted by Crippen LogP contribution is -2.21. The van der Waals surface area contributed by atoms with Crippen LogP contribution in [0.2, 0.25) is 0 Å². The Bertz CT molecular complexity index is 1990. The fraction of sp³-hybridized carbons (Fsp3) is 0.250. The molecule has 0 saturated heterocycles. The van der Waals surface area contributed by atoms with Crippen LogP contribution in [0.1, 0.15) is 55.9 Å². The molecule has 10 heteroatoms. The Balaban J connectivity index is 1.64. The highest BCUT2D eigenvalue weighted by molar-refractivity contribution is 9.13. The van der Waals surface area contributed by atoms with Gasteiger partial charge in [0.25, 0.3) is 5.56 Å². The Morgan fingerprint density at radius 2 is 1.63 bits per heavy atom. The summed E-state index contributed by atoms with van der Waals surface area (Å²) in [6.07, 6.45) is 1.58. The van der Waals surface area contributed by atoms with Crippen molar-refractivity contribution < 1.29 is 18.6 Å². The van der Waals surface area contributed by atoms with Gasteiger partial charge in [0.2, 0.25) is 0 Å². The predicted octanol–water partition coefficient (Wildman–Crippen LogP) is 9.42. The van der Waals surface area contributed by atoms with Crippen molar-refractivity contribution >= 4 is 49.0 Å². The number of hydrogen-bond donors (Lipinski definition) is 0. The third-order valence-corrected chi connectivity index (χ3v) is 9.51. The molecular formula is C36H34Br2FN3O4. The molecule has 1 heterocycles. The molecule has 7 nitrogen and oxygen atoms in total. The van der Waals surface area contributed by atoms with Gasteiger partial charge in [0, 0.05) is 21.2 Å². The van der Waals surface area contributed by atoms with Crippen LogP contribution in [0.5, 0.6) is 17.2 Å². The van der Waals surface area contributed by atoms with Gasteiger partial charge in [0.05, 0.1) is 34.8 Å². The number of aromatic nitrogens is 2. The van der Waals surface area contributed by atoms with E-state index in [0.29, 0.717) is 61.5 Å². The molecule has 0 aliphatic heterocycles. The number of para-hydroxylation sites is 1. The number of halogens is 3. The van der Waals surface area contributed by atoms with E-state index in [2.05, 4.69) is 45.7 Å². The third-order valence-electron chi connectivity index (χ3n) is 7.37. The first-order chi connectivity index (χ1) is 22.1. The van der Waals surface area contributed by atoms with Crippen molar-refractivity contribution in [2.24, 2.45) is 5.10 Å². The van der Waals surface area contributed by atoms with E-state index >= 15 is 0 Å². The lowest BCUT2D eigenvalue weighted by atomic mass is 9.96. The molecular weight excluding hydrogens is 717 g/mol. The maximum Gasteiger partial charge on any atom is 0.282 e. The molecule has 4 aromatic carbocycles. The normalized spacial score (nSPS) is 11.5. The molecule has 0 N–H and O–H groups in total. The van der Waals surface area contributed by atoms with Gasteiger partial charge >= 0.3 is 0 Å². The van der Waals surface area contributed by atoms with Gasteiger partial charge in [-0.3, -0.25) is 4.79 Å². The molecule has 0 bridgehead atoms. The van der Waals surface area contributed by atoms with Crippen LogP contribution in [0.25, 0.3) is 22.3 Å². The largest absolute Gasteiger partial charge is 0.494 e. The summed E-state index contributed by atoms with van der Waals surface area (Å²) < 4.78 is 34.7. The van der Waals surface area contributed by atoms with Crippen molar-refractivity contribution in [1.29, 1.82) is 0 Å². The first kappa shape index (κ1) is 33.3. The number of fused-ring (bicyclic) bond motifs is 1. The maximum atomic E-state index is 14.3. The van der Waals surface area contributed by atoms with Crippen LogP contribution < -0.4 is 19.8 Å². The Hall–Kier alpha value is -4.02. The van der Waals surface area contributed by atoms with Gasteiger partial charge < -0.3 is 14.2 Å². The van der Waals surface area contributed by atoms with E-state index in [0.717, 1.165) is 22.4 Å².